The maximum absolute atomic E-state index is 4.41. The average molecular weight is 205 g/mol. The van der Waals surface area contributed by atoms with Gasteiger partial charge in [0.15, 0.2) is 0 Å². The first-order chi connectivity index (χ1) is 7.42. The molecule has 0 spiro atoms. The number of imidazole rings is 1. The van der Waals surface area contributed by atoms with Crippen molar-refractivity contribution < 1.29 is 0 Å². The fourth-order valence-corrected chi connectivity index (χ4v) is 2.43. The second-order valence-corrected chi connectivity index (χ2v) is 4.97. The lowest BCUT2D eigenvalue weighted by molar-refractivity contribution is 0.620. The summed E-state index contributed by atoms with van der Waals surface area (Å²) >= 11 is 0. The summed E-state index contributed by atoms with van der Waals surface area (Å²) in [7, 11) is 0. The Morgan fingerprint density at radius 1 is 1.27 bits per heavy atom. The van der Waals surface area contributed by atoms with Crippen LogP contribution in [0.3, 0.4) is 0 Å². The average Bonchev–Trinajstić information content (AvgIpc) is 2.75. The second kappa shape index (κ2) is 3.87. The van der Waals surface area contributed by atoms with Crippen LogP contribution in [0, 0.1) is 5.92 Å². The Balaban J connectivity index is 1.64. The third-order valence-electron chi connectivity index (χ3n) is 3.56. The van der Waals surface area contributed by atoms with E-state index in [9.17, 15) is 0 Å². The van der Waals surface area contributed by atoms with Crippen molar-refractivity contribution in [1.29, 1.82) is 0 Å². The van der Waals surface area contributed by atoms with E-state index in [0.717, 1.165) is 18.4 Å². The summed E-state index contributed by atoms with van der Waals surface area (Å²) < 4.78 is 2.29. The maximum atomic E-state index is 4.41. The summed E-state index contributed by atoms with van der Waals surface area (Å²) in [6.45, 7) is 1.16. The summed E-state index contributed by atoms with van der Waals surface area (Å²) in [5.74, 6) is 2.01. The standard InChI is InChI=1S/C12H19N3/c1-2-4-11(3-1)14-12-13-7-8-15(12)9-10-5-6-10/h7-8,10-11H,1-6,9H2,(H,13,14). The molecule has 0 aromatic carbocycles. The quantitative estimate of drug-likeness (QED) is 0.819. The van der Waals surface area contributed by atoms with Gasteiger partial charge in [0.25, 0.3) is 0 Å². The minimum atomic E-state index is 0.672. The van der Waals surface area contributed by atoms with Gasteiger partial charge < -0.3 is 9.88 Å². The van der Waals surface area contributed by atoms with Gasteiger partial charge in [-0.25, -0.2) is 4.98 Å². The molecule has 0 unspecified atom stereocenters. The lowest BCUT2D eigenvalue weighted by Gasteiger charge is -2.14. The fourth-order valence-electron chi connectivity index (χ4n) is 2.43. The van der Waals surface area contributed by atoms with Crippen molar-refractivity contribution in [2.75, 3.05) is 5.32 Å². The van der Waals surface area contributed by atoms with Crippen LogP contribution in [0.15, 0.2) is 12.4 Å². The second-order valence-electron chi connectivity index (χ2n) is 4.97. The van der Waals surface area contributed by atoms with Crippen molar-refractivity contribution in [3.8, 4) is 0 Å². The number of anilines is 1. The Bertz CT molecular complexity index is 321. The Kier molecular flexibility index (Phi) is 2.39. The molecule has 1 aromatic rings. The molecule has 1 aromatic heterocycles. The molecule has 2 fully saturated rings. The maximum Gasteiger partial charge on any atom is 0.202 e. The molecule has 2 aliphatic rings. The van der Waals surface area contributed by atoms with E-state index in [2.05, 4.69) is 21.1 Å². The minimum Gasteiger partial charge on any atom is -0.353 e. The molecule has 0 aliphatic heterocycles. The molecule has 0 amide bonds. The highest BCUT2D eigenvalue weighted by Crippen LogP contribution is 2.31. The molecular weight excluding hydrogens is 186 g/mol. The summed E-state index contributed by atoms with van der Waals surface area (Å²) in [6.07, 6.45) is 12.2. The largest absolute Gasteiger partial charge is 0.353 e. The first-order valence-corrected chi connectivity index (χ1v) is 6.19. The van der Waals surface area contributed by atoms with Gasteiger partial charge in [0, 0.05) is 25.0 Å². The number of hydrogen-bond acceptors (Lipinski definition) is 2. The van der Waals surface area contributed by atoms with E-state index in [1.54, 1.807) is 0 Å². The van der Waals surface area contributed by atoms with E-state index in [1.165, 1.54) is 38.5 Å². The van der Waals surface area contributed by atoms with Crippen molar-refractivity contribution in [3.63, 3.8) is 0 Å². The monoisotopic (exact) mass is 205 g/mol. The summed E-state index contributed by atoms with van der Waals surface area (Å²) in [5, 5.41) is 3.57. The normalized spacial score (nSPS) is 22.1. The molecule has 3 rings (SSSR count). The van der Waals surface area contributed by atoms with Crippen LogP contribution in [-0.4, -0.2) is 15.6 Å². The molecule has 0 saturated heterocycles. The van der Waals surface area contributed by atoms with E-state index >= 15 is 0 Å². The summed E-state index contributed by atoms with van der Waals surface area (Å²) in [4.78, 5) is 4.41. The number of nitrogens with one attached hydrogen (secondary N) is 1. The van der Waals surface area contributed by atoms with Crippen molar-refractivity contribution in [2.45, 2.75) is 51.1 Å². The number of aromatic nitrogens is 2. The van der Waals surface area contributed by atoms with Crippen LogP contribution in [0.4, 0.5) is 5.95 Å². The van der Waals surface area contributed by atoms with Gasteiger partial charge in [0.05, 0.1) is 0 Å². The van der Waals surface area contributed by atoms with Gasteiger partial charge >= 0.3 is 0 Å². The van der Waals surface area contributed by atoms with Crippen LogP contribution in [0.2, 0.25) is 0 Å². The zero-order valence-electron chi connectivity index (χ0n) is 9.15. The minimum absolute atomic E-state index is 0.672. The van der Waals surface area contributed by atoms with Crippen LogP contribution in [0.25, 0.3) is 0 Å². The van der Waals surface area contributed by atoms with Crippen molar-refractivity contribution >= 4 is 5.95 Å². The zero-order valence-corrected chi connectivity index (χ0v) is 9.15. The van der Waals surface area contributed by atoms with E-state index in [0.29, 0.717) is 6.04 Å². The van der Waals surface area contributed by atoms with Crippen LogP contribution >= 0.6 is 0 Å². The number of rotatable bonds is 4. The molecule has 2 aliphatic carbocycles. The molecular formula is C12H19N3. The first-order valence-electron chi connectivity index (χ1n) is 6.19. The lowest BCUT2D eigenvalue weighted by Crippen LogP contribution is -2.18. The molecule has 15 heavy (non-hydrogen) atoms. The molecule has 1 N–H and O–H groups in total. The fraction of sp³-hybridized carbons (Fsp3) is 0.750. The third-order valence-corrected chi connectivity index (χ3v) is 3.56. The molecule has 0 bridgehead atoms. The Hall–Kier alpha value is -0.990. The predicted molar refractivity (Wildman–Crippen MR) is 60.8 cm³/mol. The van der Waals surface area contributed by atoms with Crippen LogP contribution in [-0.2, 0) is 6.54 Å². The first kappa shape index (κ1) is 9.25. The highest BCUT2D eigenvalue weighted by atomic mass is 15.2. The Morgan fingerprint density at radius 2 is 2.07 bits per heavy atom. The van der Waals surface area contributed by atoms with Crippen molar-refractivity contribution in [2.24, 2.45) is 5.92 Å². The van der Waals surface area contributed by atoms with E-state index in [1.807, 2.05) is 6.20 Å². The van der Waals surface area contributed by atoms with Gasteiger partial charge in [-0.15, -0.1) is 0 Å². The highest BCUT2D eigenvalue weighted by Gasteiger charge is 2.23. The summed E-state index contributed by atoms with van der Waals surface area (Å²) in [6, 6.07) is 0.672. The molecule has 82 valence electrons. The van der Waals surface area contributed by atoms with Crippen molar-refractivity contribution in [3.05, 3.63) is 12.4 Å². The molecule has 1 heterocycles. The van der Waals surface area contributed by atoms with Crippen LogP contribution in [0.1, 0.15) is 38.5 Å². The van der Waals surface area contributed by atoms with Gasteiger partial charge in [0.1, 0.15) is 0 Å². The third kappa shape index (κ3) is 2.16. The molecule has 3 heteroatoms. The van der Waals surface area contributed by atoms with Gasteiger partial charge in [-0.1, -0.05) is 12.8 Å². The lowest BCUT2D eigenvalue weighted by atomic mass is 10.2. The van der Waals surface area contributed by atoms with Gasteiger partial charge in [0.2, 0.25) is 5.95 Å². The molecule has 3 nitrogen and oxygen atoms in total. The topological polar surface area (TPSA) is 29.9 Å². The van der Waals surface area contributed by atoms with Gasteiger partial charge in [-0.3, -0.25) is 0 Å². The van der Waals surface area contributed by atoms with Crippen LogP contribution in [0.5, 0.6) is 0 Å². The Labute approximate surface area is 90.9 Å². The predicted octanol–water partition coefficient (Wildman–Crippen LogP) is 2.65. The van der Waals surface area contributed by atoms with Crippen LogP contribution < -0.4 is 5.32 Å². The highest BCUT2D eigenvalue weighted by molar-refractivity contribution is 5.28. The van der Waals surface area contributed by atoms with Gasteiger partial charge in [-0.05, 0) is 31.6 Å². The van der Waals surface area contributed by atoms with Crippen molar-refractivity contribution in [1.82, 2.24) is 9.55 Å². The molecule has 0 radical (unpaired) electrons. The zero-order chi connectivity index (χ0) is 10.1. The van der Waals surface area contributed by atoms with E-state index < -0.39 is 0 Å². The Morgan fingerprint density at radius 3 is 2.80 bits per heavy atom. The van der Waals surface area contributed by atoms with E-state index in [-0.39, 0.29) is 0 Å². The smallest absolute Gasteiger partial charge is 0.202 e. The number of nitrogens with zero attached hydrogens (tertiary/aromatic N) is 2. The number of hydrogen-bond donors (Lipinski definition) is 1. The molecule has 0 atom stereocenters. The SMILES string of the molecule is c1cn(CC2CC2)c(NC2CCCC2)n1. The van der Waals surface area contributed by atoms with E-state index in [4.69, 9.17) is 0 Å². The van der Waals surface area contributed by atoms with Gasteiger partial charge in [-0.2, -0.15) is 0 Å². The summed E-state index contributed by atoms with van der Waals surface area (Å²) in [5.41, 5.74) is 0. The molecule has 2 saturated carbocycles.